The number of hydrogen-bond donors (Lipinski definition) is 1. The Bertz CT molecular complexity index is 663. The first-order valence-corrected chi connectivity index (χ1v) is 8.88. The van der Waals surface area contributed by atoms with Crippen molar-refractivity contribution in [1.82, 2.24) is 4.90 Å². The molecule has 0 spiro atoms. The Morgan fingerprint density at radius 3 is 2.42 bits per heavy atom. The second kappa shape index (κ2) is 8.11. The summed E-state index contributed by atoms with van der Waals surface area (Å²) >= 11 is 0. The lowest BCUT2D eigenvalue weighted by Crippen LogP contribution is -2.33. The van der Waals surface area contributed by atoms with Crippen molar-refractivity contribution in [2.45, 2.75) is 44.7 Å². The average molecular weight is 322 g/mol. The number of carbonyl (C=O) groups is 1. The molecule has 1 aliphatic rings. The summed E-state index contributed by atoms with van der Waals surface area (Å²) in [6.07, 6.45) is 6.61. The smallest absolute Gasteiger partial charge is 0.255 e. The molecule has 3 nitrogen and oxygen atoms in total. The maximum atomic E-state index is 12.4. The number of nitrogens with zero attached hydrogens (tertiary/aromatic N) is 1. The van der Waals surface area contributed by atoms with E-state index in [-0.39, 0.29) is 5.91 Å². The molecule has 0 aromatic heterocycles. The summed E-state index contributed by atoms with van der Waals surface area (Å²) in [7, 11) is 2.20. The zero-order chi connectivity index (χ0) is 16.8. The van der Waals surface area contributed by atoms with Gasteiger partial charge < -0.3 is 5.32 Å². The largest absolute Gasteiger partial charge is 0.322 e. The van der Waals surface area contributed by atoms with Crippen LogP contribution in [0.5, 0.6) is 0 Å². The van der Waals surface area contributed by atoms with Gasteiger partial charge in [-0.15, -0.1) is 0 Å². The van der Waals surface area contributed by atoms with Gasteiger partial charge in [0.1, 0.15) is 0 Å². The van der Waals surface area contributed by atoms with Crippen LogP contribution in [-0.2, 0) is 6.54 Å². The lowest BCUT2D eigenvalue weighted by Gasteiger charge is -2.31. The summed E-state index contributed by atoms with van der Waals surface area (Å²) in [4.78, 5) is 14.9. The summed E-state index contributed by atoms with van der Waals surface area (Å²) in [6.45, 7) is 0.871. The van der Waals surface area contributed by atoms with Gasteiger partial charge in [-0.1, -0.05) is 55.7 Å². The van der Waals surface area contributed by atoms with Gasteiger partial charge in [-0.3, -0.25) is 9.69 Å². The maximum absolute atomic E-state index is 12.4. The second-order valence-electron chi connectivity index (χ2n) is 6.68. The molecule has 1 saturated carbocycles. The van der Waals surface area contributed by atoms with E-state index in [2.05, 4.69) is 23.3 Å². The molecule has 126 valence electrons. The molecule has 0 atom stereocenters. The molecule has 0 bridgehead atoms. The fraction of sp³-hybridized carbons (Fsp3) is 0.381. The molecule has 2 aromatic rings. The topological polar surface area (TPSA) is 32.3 Å². The molecule has 0 unspecified atom stereocenters. The molecule has 1 amide bonds. The molecule has 1 N–H and O–H groups in total. The Kier molecular flexibility index (Phi) is 5.65. The van der Waals surface area contributed by atoms with E-state index in [9.17, 15) is 4.79 Å². The van der Waals surface area contributed by atoms with Gasteiger partial charge in [-0.25, -0.2) is 0 Å². The molecule has 2 aromatic carbocycles. The Balaban J connectivity index is 1.69. The van der Waals surface area contributed by atoms with Gasteiger partial charge in [0, 0.05) is 23.8 Å². The van der Waals surface area contributed by atoms with E-state index < -0.39 is 0 Å². The standard InChI is InChI=1S/C21H26N2O/c1-23(19-13-6-3-7-14-19)16-18-12-8-9-15-20(18)22-21(24)17-10-4-2-5-11-17/h2,4-5,8-12,15,19H,3,6-7,13-14,16H2,1H3,(H,22,24). The third-order valence-electron chi connectivity index (χ3n) is 4.92. The molecule has 0 radical (unpaired) electrons. The van der Waals surface area contributed by atoms with Crippen LogP contribution < -0.4 is 5.32 Å². The molecule has 3 rings (SSSR count). The summed E-state index contributed by atoms with van der Waals surface area (Å²) in [5, 5.41) is 3.07. The first kappa shape index (κ1) is 16.7. The number of rotatable bonds is 5. The van der Waals surface area contributed by atoms with Crippen molar-refractivity contribution in [3.63, 3.8) is 0 Å². The lowest BCUT2D eigenvalue weighted by atomic mass is 9.94. The van der Waals surface area contributed by atoms with Gasteiger partial charge in [-0.05, 0) is 43.7 Å². The van der Waals surface area contributed by atoms with E-state index in [4.69, 9.17) is 0 Å². The number of hydrogen-bond acceptors (Lipinski definition) is 2. The van der Waals surface area contributed by atoms with Crippen molar-refractivity contribution in [1.29, 1.82) is 0 Å². The predicted molar refractivity (Wildman–Crippen MR) is 99.2 cm³/mol. The molecule has 24 heavy (non-hydrogen) atoms. The monoisotopic (exact) mass is 322 g/mol. The maximum Gasteiger partial charge on any atom is 0.255 e. The average Bonchev–Trinajstić information content (AvgIpc) is 2.64. The van der Waals surface area contributed by atoms with E-state index in [0.29, 0.717) is 11.6 Å². The van der Waals surface area contributed by atoms with Crippen LogP contribution in [-0.4, -0.2) is 23.9 Å². The summed E-state index contributed by atoms with van der Waals surface area (Å²) in [5.41, 5.74) is 2.77. The van der Waals surface area contributed by atoms with Gasteiger partial charge in [0.2, 0.25) is 0 Å². The third-order valence-corrected chi connectivity index (χ3v) is 4.92. The first-order chi connectivity index (χ1) is 11.7. The van der Waals surface area contributed by atoms with Gasteiger partial charge >= 0.3 is 0 Å². The third kappa shape index (κ3) is 4.24. The normalized spacial score (nSPS) is 15.4. The number of carbonyl (C=O) groups excluding carboxylic acids is 1. The first-order valence-electron chi connectivity index (χ1n) is 8.88. The summed E-state index contributed by atoms with van der Waals surface area (Å²) in [6, 6.07) is 18.2. The molecular weight excluding hydrogens is 296 g/mol. The predicted octanol–water partition coefficient (Wildman–Crippen LogP) is 4.70. The molecular formula is C21H26N2O. The van der Waals surface area contributed by atoms with Crippen molar-refractivity contribution in [3.05, 3.63) is 65.7 Å². The Hall–Kier alpha value is -2.13. The number of anilines is 1. The van der Waals surface area contributed by atoms with Gasteiger partial charge in [-0.2, -0.15) is 0 Å². The van der Waals surface area contributed by atoms with E-state index in [1.54, 1.807) is 0 Å². The van der Waals surface area contributed by atoms with Crippen LogP contribution in [0.3, 0.4) is 0 Å². The van der Waals surface area contributed by atoms with Crippen LogP contribution in [0.25, 0.3) is 0 Å². The summed E-state index contributed by atoms with van der Waals surface area (Å²) < 4.78 is 0. The summed E-state index contributed by atoms with van der Waals surface area (Å²) in [5.74, 6) is -0.0524. The second-order valence-corrected chi connectivity index (χ2v) is 6.68. The minimum Gasteiger partial charge on any atom is -0.322 e. The fourth-order valence-corrected chi connectivity index (χ4v) is 3.48. The van der Waals surface area contributed by atoms with E-state index >= 15 is 0 Å². The molecule has 1 fully saturated rings. The van der Waals surface area contributed by atoms with Crippen LogP contribution in [0, 0.1) is 0 Å². The lowest BCUT2D eigenvalue weighted by molar-refractivity contribution is 0.102. The fourth-order valence-electron chi connectivity index (χ4n) is 3.48. The number of para-hydroxylation sites is 1. The van der Waals surface area contributed by atoms with Crippen LogP contribution in [0.4, 0.5) is 5.69 Å². The van der Waals surface area contributed by atoms with Crippen LogP contribution >= 0.6 is 0 Å². The highest BCUT2D eigenvalue weighted by Crippen LogP contribution is 2.25. The Morgan fingerprint density at radius 1 is 1.00 bits per heavy atom. The van der Waals surface area contributed by atoms with Crippen molar-refractivity contribution in [2.24, 2.45) is 0 Å². The van der Waals surface area contributed by atoms with Crippen molar-refractivity contribution in [3.8, 4) is 0 Å². The van der Waals surface area contributed by atoms with Crippen molar-refractivity contribution in [2.75, 3.05) is 12.4 Å². The molecule has 0 saturated heterocycles. The van der Waals surface area contributed by atoms with E-state index in [0.717, 1.165) is 12.2 Å². The molecule has 1 aliphatic carbocycles. The highest BCUT2D eigenvalue weighted by Gasteiger charge is 2.19. The van der Waals surface area contributed by atoms with E-state index in [1.807, 2.05) is 48.5 Å². The van der Waals surface area contributed by atoms with Crippen LogP contribution in [0.2, 0.25) is 0 Å². The zero-order valence-corrected chi connectivity index (χ0v) is 14.4. The zero-order valence-electron chi connectivity index (χ0n) is 14.4. The van der Waals surface area contributed by atoms with Gasteiger partial charge in [0.25, 0.3) is 5.91 Å². The minimum absolute atomic E-state index is 0.0524. The molecule has 0 aliphatic heterocycles. The highest BCUT2D eigenvalue weighted by atomic mass is 16.1. The van der Waals surface area contributed by atoms with Crippen LogP contribution in [0.1, 0.15) is 48.0 Å². The number of nitrogens with one attached hydrogen (secondary N) is 1. The van der Waals surface area contributed by atoms with E-state index in [1.165, 1.54) is 37.7 Å². The van der Waals surface area contributed by atoms with Crippen LogP contribution in [0.15, 0.2) is 54.6 Å². The number of amides is 1. The van der Waals surface area contributed by atoms with Gasteiger partial charge in [0.15, 0.2) is 0 Å². The van der Waals surface area contributed by atoms with Crippen molar-refractivity contribution >= 4 is 11.6 Å². The number of benzene rings is 2. The highest BCUT2D eigenvalue weighted by molar-refractivity contribution is 6.04. The van der Waals surface area contributed by atoms with Gasteiger partial charge in [0.05, 0.1) is 0 Å². The molecule has 0 heterocycles. The quantitative estimate of drug-likeness (QED) is 0.865. The minimum atomic E-state index is -0.0524. The molecule has 3 heteroatoms. The SMILES string of the molecule is CN(Cc1ccccc1NC(=O)c1ccccc1)C1CCCCC1. The Labute approximate surface area is 144 Å². The van der Waals surface area contributed by atoms with Crippen molar-refractivity contribution < 1.29 is 4.79 Å². The Morgan fingerprint density at radius 2 is 1.67 bits per heavy atom.